The zero-order chi connectivity index (χ0) is 29.5. The lowest BCUT2D eigenvalue weighted by atomic mass is 9.50. The first-order valence-corrected chi connectivity index (χ1v) is 20.1. The highest BCUT2D eigenvalue weighted by atomic mass is 14.6. The fraction of sp³-hybridized carbons (Fsp3) is 1.00. The summed E-state index contributed by atoms with van der Waals surface area (Å²) in [5.41, 5.74) is 1.80. The zero-order valence-electron chi connectivity index (χ0n) is 29.5. The Morgan fingerprint density at radius 2 is 1.00 bits per heavy atom. The van der Waals surface area contributed by atoms with E-state index in [1.54, 1.807) is 103 Å². The summed E-state index contributed by atoms with van der Waals surface area (Å²) in [4.78, 5) is 0. The highest BCUT2D eigenvalue weighted by Gasteiger charge is 2.53. The van der Waals surface area contributed by atoms with Gasteiger partial charge in [0.2, 0.25) is 0 Å². The molecule has 7 bridgehead atoms. The molecule has 242 valence electrons. The molecule has 6 aliphatic rings. The molecule has 0 aliphatic heterocycles. The zero-order valence-corrected chi connectivity index (χ0v) is 29.5. The van der Waals surface area contributed by atoms with E-state index in [2.05, 4.69) is 41.5 Å². The van der Waals surface area contributed by atoms with Crippen molar-refractivity contribution in [2.45, 2.75) is 189 Å². The third-order valence-electron chi connectivity index (χ3n) is 16.1. The Labute approximate surface area is 264 Å². The molecule has 0 radical (unpaired) electrons. The Morgan fingerprint density at radius 3 is 1.62 bits per heavy atom. The molecule has 6 fully saturated rings. The standard InChI is InChI=1S/C42H74/c1-7-41-23-33-14-9-30(3)10-15-35(20-33)25-42(8-2)27-38-18-13-31(4)12-17-37(38)26-40(6,28-39(42)29-41)22-36-19-32(5)11-16-34(21-36)24-41/h30-39H,7-29H2,1-6H3/t30-,31+,32+,33+,34-,35-,36+,37+,38-,39+,40+,41-,42?/m0/s1. The molecule has 0 amide bonds. The minimum absolute atomic E-state index is 0.573. The second kappa shape index (κ2) is 13.0. The monoisotopic (exact) mass is 579 g/mol. The Morgan fingerprint density at radius 1 is 0.452 bits per heavy atom. The Kier molecular flexibility index (Phi) is 9.90. The maximum Gasteiger partial charge on any atom is -0.0266 e. The van der Waals surface area contributed by atoms with Crippen molar-refractivity contribution in [3.63, 3.8) is 0 Å². The maximum absolute atomic E-state index is 2.88. The topological polar surface area (TPSA) is 0 Å². The van der Waals surface area contributed by atoms with Gasteiger partial charge in [-0.2, -0.15) is 0 Å². The van der Waals surface area contributed by atoms with Crippen LogP contribution in [-0.2, 0) is 0 Å². The summed E-state index contributed by atoms with van der Waals surface area (Å²) >= 11 is 0. The normalized spacial score (nSPS) is 52.4. The van der Waals surface area contributed by atoms with Gasteiger partial charge in [0.1, 0.15) is 0 Å². The summed E-state index contributed by atoms with van der Waals surface area (Å²) in [6.45, 7) is 16.1. The van der Waals surface area contributed by atoms with Crippen molar-refractivity contribution >= 4 is 0 Å². The van der Waals surface area contributed by atoms with Gasteiger partial charge in [-0.25, -0.2) is 0 Å². The van der Waals surface area contributed by atoms with Crippen LogP contribution in [0.1, 0.15) is 189 Å². The van der Waals surface area contributed by atoms with Crippen molar-refractivity contribution in [3.05, 3.63) is 0 Å². The van der Waals surface area contributed by atoms with Crippen LogP contribution in [-0.4, -0.2) is 0 Å². The molecule has 0 heteroatoms. The van der Waals surface area contributed by atoms with Crippen molar-refractivity contribution in [2.75, 3.05) is 0 Å². The van der Waals surface area contributed by atoms with Crippen LogP contribution in [0.5, 0.6) is 0 Å². The summed E-state index contributed by atoms with van der Waals surface area (Å²) in [6.07, 6.45) is 35.8. The van der Waals surface area contributed by atoms with Gasteiger partial charge in [-0.3, -0.25) is 0 Å². The van der Waals surface area contributed by atoms with Crippen molar-refractivity contribution in [2.24, 2.45) is 75.4 Å². The minimum atomic E-state index is 0.573. The molecule has 0 nitrogen and oxygen atoms in total. The van der Waals surface area contributed by atoms with E-state index in [1.165, 1.54) is 44.9 Å². The molecular weight excluding hydrogens is 504 g/mol. The minimum Gasteiger partial charge on any atom is -0.0649 e. The van der Waals surface area contributed by atoms with E-state index in [-0.39, 0.29) is 0 Å². The highest BCUT2D eigenvalue weighted by molar-refractivity contribution is 5.03. The fourth-order valence-electron chi connectivity index (χ4n) is 13.9. The van der Waals surface area contributed by atoms with Gasteiger partial charge in [-0.1, -0.05) is 106 Å². The largest absolute Gasteiger partial charge is 0.0649 e. The molecule has 0 aromatic rings. The Balaban J connectivity index is 1.48. The van der Waals surface area contributed by atoms with E-state index in [1.807, 2.05) is 0 Å². The van der Waals surface area contributed by atoms with Crippen LogP contribution in [0.3, 0.4) is 0 Å². The molecule has 1 unspecified atom stereocenters. The van der Waals surface area contributed by atoms with Crippen molar-refractivity contribution in [1.29, 1.82) is 0 Å². The molecule has 0 N–H and O–H groups in total. The Bertz CT molecular complexity index is 873. The first-order chi connectivity index (χ1) is 20.1. The fourth-order valence-corrected chi connectivity index (χ4v) is 13.9. The Hall–Kier alpha value is 0. The van der Waals surface area contributed by atoms with E-state index < -0.39 is 0 Å². The van der Waals surface area contributed by atoms with Crippen LogP contribution in [0.25, 0.3) is 0 Å². The van der Waals surface area contributed by atoms with Crippen LogP contribution in [0.2, 0.25) is 0 Å². The molecule has 0 aromatic heterocycles. The van der Waals surface area contributed by atoms with E-state index in [0.717, 1.165) is 59.2 Å². The molecule has 0 heterocycles. The molecule has 0 saturated heterocycles. The number of fused-ring (bicyclic) bond motifs is 7. The maximum atomic E-state index is 2.88. The molecule has 6 rings (SSSR count). The molecule has 42 heavy (non-hydrogen) atoms. The highest BCUT2D eigenvalue weighted by Crippen LogP contribution is 2.63. The second-order valence-electron chi connectivity index (χ2n) is 19.6. The van der Waals surface area contributed by atoms with Gasteiger partial charge in [0.25, 0.3) is 0 Å². The van der Waals surface area contributed by atoms with Gasteiger partial charge >= 0.3 is 0 Å². The van der Waals surface area contributed by atoms with Crippen LogP contribution >= 0.6 is 0 Å². The number of hydrogen-bond acceptors (Lipinski definition) is 0. The third-order valence-corrected chi connectivity index (χ3v) is 16.1. The van der Waals surface area contributed by atoms with E-state index in [9.17, 15) is 0 Å². The van der Waals surface area contributed by atoms with Crippen LogP contribution in [0, 0.1) is 75.4 Å². The second-order valence-corrected chi connectivity index (χ2v) is 19.6. The summed E-state index contributed by atoms with van der Waals surface area (Å²) in [5, 5.41) is 0. The predicted molar refractivity (Wildman–Crippen MR) is 182 cm³/mol. The molecule has 6 aliphatic carbocycles. The number of hydrogen-bond donors (Lipinski definition) is 0. The van der Waals surface area contributed by atoms with Crippen molar-refractivity contribution in [1.82, 2.24) is 0 Å². The first kappa shape index (κ1) is 32.0. The van der Waals surface area contributed by atoms with Crippen molar-refractivity contribution < 1.29 is 0 Å². The van der Waals surface area contributed by atoms with E-state index >= 15 is 0 Å². The number of rotatable bonds is 2. The van der Waals surface area contributed by atoms with Crippen LogP contribution in [0.4, 0.5) is 0 Å². The molecule has 6 saturated carbocycles. The van der Waals surface area contributed by atoms with Gasteiger partial charge in [-0.05, 0) is 159 Å². The molecular formula is C42H74. The van der Waals surface area contributed by atoms with Crippen LogP contribution in [0.15, 0.2) is 0 Å². The summed E-state index contributed by atoms with van der Waals surface area (Å²) in [5.74, 6) is 9.92. The van der Waals surface area contributed by atoms with Gasteiger partial charge < -0.3 is 0 Å². The van der Waals surface area contributed by atoms with E-state index in [0.29, 0.717) is 16.2 Å². The van der Waals surface area contributed by atoms with Gasteiger partial charge in [-0.15, -0.1) is 0 Å². The summed E-state index contributed by atoms with van der Waals surface area (Å²) in [7, 11) is 0. The summed E-state index contributed by atoms with van der Waals surface area (Å²) in [6, 6.07) is 0. The lowest BCUT2D eigenvalue weighted by molar-refractivity contribution is -0.0475. The molecule has 0 aromatic carbocycles. The van der Waals surface area contributed by atoms with Gasteiger partial charge in [0.15, 0.2) is 0 Å². The third kappa shape index (κ3) is 7.03. The predicted octanol–water partition coefficient (Wildman–Crippen LogP) is 13.3. The van der Waals surface area contributed by atoms with Gasteiger partial charge in [0, 0.05) is 0 Å². The average molecular weight is 579 g/mol. The molecule has 0 spiro atoms. The smallest absolute Gasteiger partial charge is 0.0266 e. The van der Waals surface area contributed by atoms with Gasteiger partial charge in [0.05, 0.1) is 0 Å². The van der Waals surface area contributed by atoms with Crippen LogP contribution < -0.4 is 0 Å². The SMILES string of the molecule is CCC12C[C@H]3CC[C@@H](C)CC[C@H](C3)C[C@@]3(CC)C[C@H]4CC[C@@H](C)C[C@H](C4)C[C@](C)(C[C@H]4CC[C@@H](C)CC[C@H]4C1)C[C@@H]2C3. The first-order valence-electron chi connectivity index (χ1n) is 20.1. The van der Waals surface area contributed by atoms with E-state index in [4.69, 9.17) is 0 Å². The van der Waals surface area contributed by atoms with Crippen molar-refractivity contribution in [3.8, 4) is 0 Å². The lowest BCUT2D eigenvalue weighted by Crippen LogP contribution is -2.45. The quantitative estimate of drug-likeness (QED) is 0.306. The molecule has 13 atom stereocenters. The lowest BCUT2D eigenvalue weighted by Gasteiger charge is -2.55. The average Bonchev–Trinajstić information content (AvgIpc) is 3.18. The summed E-state index contributed by atoms with van der Waals surface area (Å²) < 4.78 is 0.